The summed E-state index contributed by atoms with van der Waals surface area (Å²) in [5.41, 5.74) is 0. The quantitative estimate of drug-likeness (QED) is 0.0783. The van der Waals surface area contributed by atoms with Crippen molar-refractivity contribution in [3.8, 4) is 6.19 Å². The van der Waals surface area contributed by atoms with Gasteiger partial charge in [-0.1, -0.05) is 0 Å². The second-order valence-electron chi connectivity index (χ2n) is 1.45. The predicted octanol–water partition coefficient (Wildman–Crippen LogP) is 0.168. The van der Waals surface area contributed by atoms with Crippen LogP contribution in [0.1, 0.15) is 0 Å². The third-order valence-corrected chi connectivity index (χ3v) is 1.77. The van der Waals surface area contributed by atoms with Crippen molar-refractivity contribution in [2.24, 2.45) is 5.84 Å². The molecule has 0 bridgehead atoms. The van der Waals surface area contributed by atoms with Gasteiger partial charge in [0.25, 0.3) is 0 Å². The summed E-state index contributed by atoms with van der Waals surface area (Å²) in [6.07, 6.45) is -0.143. The van der Waals surface area contributed by atoms with Gasteiger partial charge >= 0.3 is 11.3 Å². The molecule has 0 rings (SSSR count). The number of nitriles is 1. The number of thiol groups is 1. The zero-order valence-corrected chi connectivity index (χ0v) is 7.66. The van der Waals surface area contributed by atoms with Gasteiger partial charge in [-0.2, -0.15) is 10.5 Å². The second-order valence-corrected chi connectivity index (χ2v) is 2.78. The second kappa shape index (κ2) is 5.49. The lowest BCUT2D eigenvalue weighted by molar-refractivity contribution is -0.181. The maximum Gasteiger partial charge on any atom is 0.465 e. The Bertz CT molecular complexity index is 250. The number of nitrogens with two attached hydrogens (primary N) is 1. The highest BCUT2D eigenvalue weighted by atomic mass is 32.2. The van der Waals surface area contributed by atoms with Crippen molar-refractivity contribution in [1.82, 2.24) is 8.72 Å². The van der Waals surface area contributed by atoms with Crippen LogP contribution in [0.5, 0.6) is 0 Å². The molecule has 0 fully saturated rings. The fraction of sp³-hybridized carbons (Fsp3) is 0. The van der Waals surface area contributed by atoms with Crippen molar-refractivity contribution in [2.45, 2.75) is 0 Å². The summed E-state index contributed by atoms with van der Waals surface area (Å²) in [6, 6.07) is 0. The highest BCUT2D eigenvalue weighted by Crippen LogP contribution is 2.13. The maximum atomic E-state index is 10.7. The number of nitrogens with zero attached hydrogens (tertiary/aromatic N) is 3. The summed E-state index contributed by atoms with van der Waals surface area (Å²) in [4.78, 5) is 24.4. The third-order valence-electron chi connectivity index (χ3n) is 0.691. The lowest BCUT2D eigenvalue weighted by Gasteiger charge is -2.10. The molecule has 0 aromatic carbocycles. The molecular formula is C3H4N4O4S2. The van der Waals surface area contributed by atoms with Crippen LogP contribution in [0.25, 0.3) is 0 Å². The molecule has 0 aromatic heterocycles. The number of carbonyl (C=O) groups is 2. The summed E-state index contributed by atoms with van der Waals surface area (Å²) in [5.74, 6) is 4.86. The topological polar surface area (TPSA) is 120 Å². The van der Waals surface area contributed by atoms with Crippen molar-refractivity contribution in [2.75, 3.05) is 0 Å². The van der Waals surface area contributed by atoms with E-state index in [1.165, 1.54) is 6.19 Å². The maximum absolute atomic E-state index is 10.7. The SMILES string of the molecule is N#CN(SC(=O)N(N)S)C(=O)OO. The smallest absolute Gasteiger partial charge is 0.276 e. The van der Waals surface area contributed by atoms with Gasteiger partial charge in [0.05, 0.1) is 11.9 Å². The van der Waals surface area contributed by atoms with Crippen LogP contribution in [0.15, 0.2) is 0 Å². The highest BCUT2D eigenvalue weighted by Gasteiger charge is 2.21. The molecule has 0 heterocycles. The van der Waals surface area contributed by atoms with Crippen LogP contribution in [0.3, 0.4) is 0 Å². The molecule has 10 heteroatoms. The van der Waals surface area contributed by atoms with Crippen molar-refractivity contribution < 1.29 is 19.7 Å². The molecule has 0 spiro atoms. The Labute approximate surface area is 82.4 Å². The lowest BCUT2D eigenvalue weighted by atomic mass is 11.1. The number of rotatable bonds is 0. The Morgan fingerprint density at radius 3 is 2.54 bits per heavy atom. The third kappa shape index (κ3) is 3.85. The molecule has 3 N–H and O–H groups in total. The van der Waals surface area contributed by atoms with Crippen LogP contribution >= 0.6 is 24.8 Å². The Kier molecular flexibility index (Phi) is 5.00. The molecule has 13 heavy (non-hydrogen) atoms. The molecule has 0 unspecified atom stereocenters. The summed E-state index contributed by atoms with van der Waals surface area (Å²) in [5, 5.41) is 15.2. The van der Waals surface area contributed by atoms with Crippen molar-refractivity contribution in [3.63, 3.8) is 0 Å². The molecule has 0 saturated carbocycles. The number of amides is 2. The van der Waals surface area contributed by atoms with Gasteiger partial charge in [-0.25, -0.2) is 15.1 Å². The van der Waals surface area contributed by atoms with Crippen LogP contribution in [0.2, 0.25) is 0 Å². The van der Waals surface area contributed by atoms with Gasteiger partial charge < -0.3 is 0 Å². The zero-order chi connectivity index (χ0) is 10.4. The molecule has 0 radical (unpaired) electrons. The van der Waals surface area contributed by atoms with Crippen molar-refractivity contribution in [1.29, 1.82) is 5.26 Å². The molecule has 2 amide bonds. The van der Waals surface area contributed by atoms with Crippen LogP contribution in [-0.4, -0.2) is 25.3 Å². The van der Waals surface area contributed by atoms with E-state index in [2.05, 4.69) is 17.7 Å². The first-order valence-corrected chi connectivity index (χ1v) is 3.71. The fourth-order valence-electron chi connectivity index (χ4n) is 0.256. The molecule has 0 saturated heterocycles. The van der Waals surface area contributed by atoms with E-state index in [-0.39, 0.29) is 16.3 Å². The fourth-order valence-corrected chi connectivity index (χ4v) is 0.754. The van der Waals surface area contributed by atoms with Crippen molar-refractivity contribution in [3.05, 3.63) is 0 Å². The molecule has 0 aliphatic rings. The van der Waals surface area contributed by atoms with E-state index in [0.29, 0.717) is 4.41 Å². The van der Waals surface area contributed by atoms with Gasteiger partial charge in [0.1, 0.15) is 0 Å². The van der Waals surface area contributed by atoms with E-state index in [9.17, 15) is 9.59 Å². The molecule has 0 aliphatic carbocycles. The Hall–Kier alpha value is -1.15. The van der Waals surface area contributed by atoms with Gasteiger partial charge in [-0.15, -0.1) is 4.31 Å². The van der Waals surface area contributed by atoms with Crippen LogP contribution in [0.4, 0.5) is 9.59 Å². The molecule has 0 aliphatic heterocycles. The Balaban J connectivity index is 4.24. The number of hydrogen-bond donors (Lipinski definition) is 3. The number of hydrazine groups is 1. The summed E-state index contributed by atoms with van der Waals surface area (Å²) < 4.78 is 0.540. The van der Waals surface area contributed by atoms with Gasteiger partial charge in [-0.05, 0) is 12.8 Å². The molecular weight excluding hydrogens is 220 g/mol. The van der Waals surface area contributed by atoms with Crippen LogP contribution < -0.4 is 5.84 Å². The lowest BCUT2D eigenvalue weighted by Crippen LogP contribution is -2.29. The zero-order valence-electron chi connectivity index (χ0n) is 5.95. The molecule has 0 aromatic rings. The van der Waals surface area contributed by atoms with E-state index in [4.69, 9.17) is 16.4 Å². The normalized spacial score (nSPS) is 8.46. The summed E-state index contributed by atoms with van der Waals surface area (Å²) >= 11 is 3.50. The first-order valence-electron chi connectivity index (χ1n) is 2.53. The van der Waals surface area contributed by atoms with E-state index < -0.39 is 11.3 Å². The van der Waals surface area contributed by atoms with E-state index in [1.807, 2.05) is 0 Å². The number of hydrogen-bond acceptors (Lipinski definition) is 8. The summed E-state index contributed by atoms with van der Waals surface area (Å²) in [7, 11) is 0. The predicted molar refractivity (Wildman–Crippen MR) is 44.6 cm³/mol. The van der Waals surface area contributed by atoms with Gasteiger partial charge in [0, 0.05) is 0 Å². The van der Waals surface area contributed by atoms with Crippen LogP contribution in [0, 0.1) is 11.5 Å². The Morgan fingerprint density at radius 1 is 1.69 bits per heavy atom. The minimum absolute atomic E-state index is 0.109. The molecule has 72 valence electrons. The average molecular weight is 224 g/mol. The minimum Gasteiger partial charge on any atom is -0.276 e. The van der Waals surface area contributed by atoms with Gasteiger partial charge in [0.2, 0.25) is 6.19 Å². The molecule has 8 nitrogen and oxygen atoms in total. The standard InChI is InChI=1S/C3H4N4O4S2/c4-1-6(2(8)11-10)13-3(9)7(5)12/h10,12H,5H2. The monoisotopic (exact) mass is 224 g/mol. The van der Waals surface area contributed by atoms with Gasteiger partial charge in [0.15, 0.2) is 0 Å². The molecule has 0 atom stereocenters. The van der Waals surface area contributed by atoms with E-state index in [1.54, 1.807) is 0 Å². The largest absolute Gasteiger partial charge is 0.465 e. The average Bonchev–Trinajstić information content (AvgIpc) is 2.12. The van der Waals surface area contributed by atoms with Crippen molar-refractivity contribution >= 4 is 36.1 Å². The first-order chi connectivity index (χ1) is 6.02. The van der Waals surface area contributed by atoms with Crippen LogP contribution in [-0.2, 0) is 4.89 Å². The number of carbonyl (C=O) groups excluding carboxylic acids is 2. The van der Waals surface area contributed by atoms with Gasteiger partial charge in [-0.3, -0.25) is 9.68 Å². The van der Waals surface area contributed by atoms with E-state index >= 15 is 0 Å². The minimum atomic E-state index is -1.41. The first kappa shape index (κ1) is 11.8. The summed E-state index contributed by atoms with van der Waals surface area (Å²) in [6.45, 7) is 0. The highest BCUT2D eigenvalue weighted by molar-refractivity contribution is 8.12. The Morgan fingerprint density at radius 2 is 2.23 bits per heavy atom. The van der Waals surface area contributed by atoms with E-state index in [0.717, 1.165) is 0 Å².